The smallest absolute Gasteiger partial charge is 0.266 e. The average molecular weight is 480 g/mol. The van der Waals surface area contributed by atoms with Gasteiger partial charge in [0.25, 0.3) is 5.56 Å². The van der Waals surface area contributed by atoms with E-state index in [1.165, 1.54) is 16.3 Å². The zero-order chi connectivity index (χ0) is 23.5. The Morgan fingerprint density at radius 1 is 1.12 bits per heavy atom. The highest BCUT2D eigenvalue weighted by Crippen LogP contribution is 2.28. The van der Waals surface area contributed by atoms with E-state index in [0.29, 0.717) is 38.2 Å². The second-order valence-corrected chi connectivity index (χ2v) is 8.88. The lowest BCUT2D eigenvalue weighted by Crippen LogP contribution is -2.23. The Morgan fingerprint density at radius 3 is 2.67 bits per heavy atom. The molecular weight excluding hydrogens is 458 g/mol. The number of amides is 1. The fraction of sp³-hybridized carbons (Fsp3) is 0.160. The van der Waals surface area contributed by atoms with Crippen molar-refractivity contribution in [2.45, 2.75) is 19.0 Å². The molecule has 0 fully saturated rings. The van der Waals surface area contributed by atoms with E-state index >= 15 is 0 Å². The summed E-state index contributed by atoms with van der Waals surface area (Å²) in [4.78, 5) is 30.8. The first-order valence-electron chi connectivity index (χ1n) is 10.2. The van der Waals surface area contributed by atoms with Crippen molar-refractivity contribution >= 4 is 45.9 Å². The number of para-hydroxylation sites is 1. The molecule has 1 heterocycles. The molecule has 0 spiro atoms. The maximum absolute atomic E-state index is 13.4. The first-order valence-corrected chi connectivity index (χ1v) is 11.6. The van der Waals surface area contributed by atoms with Crippen LogP contribution in [0.25, 0.3) is 16.6 Å². The number of aromatic nitrogens is 2. The van der Waals surface area contributed by atoms with Crippen molar-refractivity contribution in [2.75, 3.05) is 18.2 Å². The van der Waals surface area contributed by atoms with Crippen molar-refractivity contribution in [1.29, 1.82) is 0 Å². The number of thioether (sulfide) groups is 1. The lowest BCUT2D eigenvalue weighted by molar-refractivity contribution is -0.113. The normalized spacial score (nSPS) is 10.9. The van der Waals surface area contributed by atoms with Gasteiger partial charge in [-0.05, 0) is 55.3 Å². The second-order valence-electron chi connectivity index (χ2n) is 7.53. The lowest BCUT2D eigenvalue weighted by Gasteiger charge is -2.15. The van der Waals surface area contributed by atoms with Gasteiger partial charge in [0.05, 0.1) is 40.2 Å². The number of hydrogen-bond donors (Lipinski definition) is 1. The molecule has 0 bridgehead atoms. The Kier molecular flexibility index (Phi) is 6.72. The van der Waals surface area contributed by atoms with Gasteiger partial charge in [0, 0.05) is 6.07 Å². The number of halogens is 1. The molecule has 0 aliphatic carbocycles. The molecule has 33 heavy (non-hydrogen) atoms. The number of carbonyl (C=O) groups excluding carboxylic acids is 1. The predicted molar refractivity (Wildman–Crippen MR) is 134 cm³/mol. The Labute approximate surface area is 200 Å². The molecule has 0 aliphatic rings. The highest BCUT2D eigenvalue weighted by Gasteiger charge is 2.16. The minimum atomic E-state index is -0.242. The third-order valence-corrected chi connectivity index (χ3v) is 6.32. The van der Waals surface area contributed by atoms with Crippen molar-refractivity contribution in [3.05, 3.63) is 87.2 Å². The van der Waals surface area contributed by atoms with Crippen molar-refractivity contribution in [3.8, 4) is 11.4 Å². The maximum Gasteiger partial charge on any atom is 0.266 e. The number of anilines is 1. The fourth-order valence-corrected chi connectivity index (χ4v) is 4.75. The van der Waals surface area contributed by atoms with E-state index in [0.717, 1.165) is 11.1 Å². The largest absolute Gasteiger partial charge is 0.497 e. The molecule has 168 valence electrons. The zero-order valence-corrected chi connectivity index (χ0v) is 20.0. The molecular formula is C25H22ClN3O3S. The van der Waals surface area contributed by atoms with Crippen LogP contribution in [0.5, 0.6) is 5.75 Å². The van der Waals surface area contributed by atoms with Crippen LogP contribution in [0.2, 0.25) is 5.02 Å². The number of nitrogens with one attached hydrogen (secondary N) is 1. The van der Waals surface area contributed by atoms with Gasteiger partial charge in [-0.25, -0.2) is 4.98 Å². The number of carbonyl (C=O) groups is 1. The van der Waals surface area contributed by atoms with E-state index in [9.17, 15) is 9.59 Å². The van der Waals surface area contributed by atoms with Crippen LogP contribution in [-0.2, 0) is 4.79 Å². The maximum atomic E-state index is 13.4. The second kappa shape index (κ2) is 9.68. The van der Waals surface area contributed by atoms with Gasteiger partial charge in [0.2, 0.25) is 5.91 Å². The van der Waals surface area contributed by atoms with Gasteiger partial charge < -0.3 is 10.1 Å². The molecule has 1 aromatic heterocycles. The number of ether oxygens (including phenoxy) is 1. The predicted octanol–water partition coefficient (Wildman–Crippen LogP) is 5.40. The summed E-state index contributed by atoms with van der Waals surface area (Å²) in [5.74, 6) is 0.428. The number of methoxy groups -OCH3 is 1. The first kappa shape index (κ1) is 22.9. The number of benzene rings is 3. The molecule has 6 nitrogen and oxygen atoms in total. The average Bonchev–Trinajstić information content (AvgIpc) is 2.80. The van der Waals surface area contributed by atoms with Crippen molar-refractivity contribution in [1.82, 2.24) is 9.55 Å². The first-order chi connectivity index (χ1) is 15.9. The Bertz CT molecular complexity index is 1390. The van der Waals surface area contributed by atoms with Gasteiger partial charge in [0.15, 0.2) is 5.16 Å². The molecule has 4 aromatic rings. The van der Waals surface area contributed by atoms with E-state index < -0.39 is 0 Å². The van der Waals surface area contributed by atoms with Crippen LogP contribution in [0.1, 0.15) is 11.1 Å². The molecule has 0 unspecified atom stereocenters. The minimum Gasteiger partial charge on any atom is -0.497 e. The van der Waals surface area contributed by atoms with E-state index in [4.69, 9.17) is 16.3 Å². The summed E-state index contributed by atoms with van der Waals surface area (Å²) >= 11 is 7.51. The molecule has 1 N–H and O–H groups in total. The molecule has 0 saturated heterocycles. The summed E-state index contributed by atoms with van der Waals surface area (Å²) in [6.45, 7) is 3.84. The molecule has 0 saturated carbocycles. The summed E-state index contributed by atoms with van der Waals surface area (Å²) in [7, 11) is 1.57. The van der Waals surface area contributed by atoms with Crippen molar-refractivity contribution in [3.63, 3.8) is 0 Å². The number of hydrogen-bond acceptors (Lipinski definition) is 5. The van der Waals surface area contributed by atoms with Gasteiger partial charge in [-0.3, -0.25) is 14.2 Å². The summed E-state index contributed by atoms with van der Waals surface area (Å²) in [6, 6.07) is 18.1. The SMILES string of the molecule is COc1cccc(-n2c(SCC(=O)Nc3c(C)cc(C)cc3Cl)nc3ccccc3c2=O)c1. The van der Waals surface area contributed by atoms with Crippen LogP contribution in [0, 0.1) is 13.8 Å². The number of aryl methyl sites for hydroxylation is 2. The topological polar surface area (TPSA) is 73.2 Å². The molecule has 4 rings (SSSR count). The molecule has 3 aromatic carbocycles. The number of nitrogens with zero attached hydrogens (tertiary/aromatic N) is 2. The number of fused-ring (bicyclic) bond motifs is 1. The Hall–Kier alpha value is -3.29. The van der Waals surface area contributed by atoms with Gasteiger partial charge in [-0.15, -0.1) is 0 Å². The third-order valence-electron chi connectivity index (χ3n) is 5.08. The summed E-state index contributed by atoms with van der Waals surface area (Å²) in [5.41, 5.74) is 3.46. The van der Waals surface area contributed by atoms with Crippen LogP contribution in [0.3, 0.4) is 0 Å². The molecule has 0 radical (unpaired) electrons. The Balaban J connectivity index is 1.68. The highest BCUT2D eigenvalue weighted by molar-refractivity contribution is 7.99. The van der Waals surface area contributed by atoms with Gasteiger partial charge >= 0.3 is 0 Å². The molecule has 0 aliphatic heterocycles. The summed E-state index contributed by atoms with van der Waals surface area (Å²) in [5, 5.41) is 4.27. The van der Waals surface area contributed by atoms with Crippen LogP contribution < -0.4 is 15.6 Å². The van der Waals surface area contributed by atoms with Crippen LogP contribution in [0.15, 0.2) is 70.6 Å². The van der Waals surface area contributed by atoms with Crippen LogP contribution >= 0.6 is 23.4 Å². The van der Waals surface area contributed by atoms with Gasteiger partial charge in [-0.2, -0.15) is 0 Å². The molecule has 0 atom stereocenters. The van der Waals surface area contributed by atoms with E-state index in [1.807, 2.05) is 32.0 Å². The molecule has 1 amide bonds. The van der Waals surface area contributed by atoms with Crippen LogP contribution in [0.4, 0.5) is 5.69 Å². The highest BCUT2D eigenvalue weighted by atomic mass is 35.5. The van der Waals surface area contributed by atoms with Crippen molar-refractivity contribution in [2.24, 2.45) is 0 Å². The third kappa shape index (κ3) is 4.89. The monoisotopic (exact) mass is 479 g/mol. The molecule has 8 heteroatoms. The standard InChI is InChI=1S/C25H22ClN3O3S/c1-15-11-16(2)23(20(26)12-15)28-22(30)14-33-25-27-21-10-5-4-9-19(21)24(31)29(25)17-7-6-8-18(13-17)32-3/h4-13H,14H2,1-3H3,(H,28,30). The van der Waals surface area contributed by atoms with Crippen molar-refractivity contribution < 1.29 is 9.53 Å². The van der Waals surface area contributed by atoms with E-state index in [2.05, 4.69) is 10.3 Å². The Morgan fingerprint density at radius 2 is 1.91 bits per heavy atom. The lowest BCUT2D eigenvalue weighted by atomic mass is 10.1. The quantitative estimate of drug-likeness (QED) is 0.296. The summed E-state index contributed by atoms with van der Waals surface area (Å²) in [6.07, 6.45) is 0. The van der Waals surface area contributed by atoms with Gasteiger partial charge in [0.1, 0.15) is 5.75 Å². The zero-order valence-electron chi connectivity index (χ0n) is 18.4. The number of rotatable bonds is 6. The van der Waals surface area contributed by atoms with E-state index in [-0.39, 0.29) is 17.2 Å². The summed E-state index contributed by atoms with van der Waals surface area (Å²) < 4.78 is 6.83. The van der Waals surface area contributed by atoms with Gasteiger partial charge in [-0.1, -0.05) is 47.6 Å². The van der Waals surface area contributed by atoms with Crippen LogP contribution in [-0.4, -0.2) is 28.3 Å². The fourth-order valence-electron chi connectivity index (χ4n) is 3.57. The minimum absolute atomic E-state index is 0.0540. The van der Waals surface area contributed by atoms with E-state index in [1.54, 1.807) is 49.6 Å².